The summed E-state index contributed by atoms with van der Waals surface area (Å²) in [6.45, 7) is 7.37. The summed E-state index contributed by atoms with van der Waals surface area (Å²) in [7, 11) is -0.698. The van der Waals surface area contributed by atoms with Crippen molar-refractivity contribution in [3.63, 3.8) is 0 Å². The molecule has 29 heavy (non-hydrogen) atoms. The Morgan fingerprint density at radius 3 is 2.48 bits per heavy atom. The molecule has 0 spiro atoms. The number of nitrogens with zero attached hydrogens (tertiary/aromatic N) is 3. The maximum atomic E-state index is 12.6. The number of pyridine rings is 1. The highest BCUT2D eigenvalue weighted by atomic mass is 32.2. The maximum absolute atomic E-state index is 12.6. The predicted molar refractivity (Wildman–Crippen MR) is 114 cm³/mol. The molecule has 0 saturated heterocycles. The second-order valence-corrected chi connectivity index (χ2v) is 10.3. The van der Waals surface area contributed by atoms with Gasteiger partial charge in [-0.05, 0) is 57.0 Å². The van der Waals surface area contributed by atoms with Crippen molar-refractivity contribution in [3.05, 3.63) is 46.6 Å². The number of carbonyl (C=O) groups excluding carboxylic acids is 1. The van der Waals surface area contributed by atoms with Gasteiger partial charge < -0.3 is 5.32 Å². The number of anilines is 1. The summed E-state index contributed by atoms with van der Waals surface area (Å²) in [5.74, 6) is -0.309. The Kier molecular flexibility index (Phi) is 7.06. The van der Waals surface area contributed by atoms with E-state index in [4.69, 9.17) is 0 Å². The van der Waals surface area contributed by atoms with Crippen LogP contribution in [0.2, 0.25) is 0 Å². The first-order chi connectivity index (χ1) is 13.5. The highest BCUT2D eigenvalue weighted by Crippen LogP contribution is 2.30. The van der Waals surface area contributed by atoms with Crippen LogP contribution in [0.4, 0.5) is 5.69 Å². The van der Waals surface area contributed by atoms with Crippen LogP contribution in [0.25, 0.3) is 0 Å². The fourth-order valence-corrected chi connectivity index (χ4v) is 4.49. The summed E-state index contributed by atoms with van der Waals surface area (Å²) in [5, 5.41) is 12.2. The van der Waals surface area contributed by atoms with E-state index in [0.717, 1.165) is 21.1 Å². The third-order valence-corrected chi connectivity index (χ3v) is 7.51. The van der Waals surface area contributed by atoms with Gasteiger partial charge in [0.1, 0.15) is 11.1 Å². The molecule has 9 heteroatoms. The van der Waals surface area contributed by atoms with E-state index in [1.165, 1.54) is 38.0 Å². The molecule has 0 saturated carbocycles. The SMILES string of the molecule is Cc1nc(SC(C)C(=O)Nc2cccc(S(=O)(=O)N(C)C)c2)c(C#N)c(C)c1C. The number of sulfonamides is 1. The van der Waals surface area contributed by atoms with Gasteiger partial charge in [-0.25, -0.2) is 17.7 Å². The third-order valence-electron chi connectivity index (χ3n) is 4.61. The largest absolute Gasteiger partial charge is 0.325 e. The average molecular weight is 433 g/mol. The molecule has 1 aromatic carbocycles. The van der Waals surface area contributed by atoms with Crippen molar-refractivity contribution in [1.29, 1.82) is 5.26 Å². The van der Waals surface area contributed by atoms with Crippen LogP contribution in [0, 0.1) is 32.1 Å². The Morgan fingerprint density at radius 1 is 1.24 bits per heavy atom. The lowest BCUT2D eigenvalue weighted by Crippen LogP contribution is -2.24. The topological polar surface area (TPSA) is 103 Å². The van der Waals surface area contributed by atoms with Gasteiger partial charge in [-0.2, -0.15) is 5.26 Å². The van der Waals surface area contributed by atoms with E-state index < -0.39 is 15.3 Å². The number of amides is 1. The second-order valence-electron chi connectivity index (χ2n) is 6.80. The van der Waals surface area contributed by atoms with Crippen LogP contribution in [-0.2, 0) is 14.8 Å². The fourth-order valence-electron chi connectivity index (χ4n) is 2.54. The Morgan fingerprint density at radius 2 is 1.90 bits per heavy atom. The zero-order valence-electron chi connectivity index (χ0n) is 17.3. The Hall–Kier alpha value is -2.41. The van der Waals surface area contributed by atoms with E-state index in [2.05, 4.69) is 16.4 Å². The van der Waals surface area contributed by atoms with Crippen molar-refractivity contribution >= 4 is 33.4 Å². The molecule has 154 valence electrons. The van der Waals surface area contributed by atoms with E-state index >= 15 is 0 Å². The Balaban J connectivity index is 2.23. The van der Waals surface area contributed by atoms with E-state index in [1.54, 1.807) is 19.1 Å². The van der Waals surface area contributed by atoms with Crippen LogP contribution in [0.15, 0.2) is 34.2 Å². The van der Waals surface area contributed by atoms with Gasteiger partial charge in [0.2, 0.25) is 15.9 Å². The first kappa shape index (κ1) is 22.9. The van der Waals surface area contributed by atoms with Crippen molar-refractivity contribution < 1.29 is 13.2 Å². The minimum Gasteiger partial charge on any atom is -0.325 e. The van der Waals surface area contributed by atoms with Crippen LogP contribution < -0.4 is 5.32 Å². The number of benzene rings is 1. The zero-order valence-corrected chi connectivity index (χ0v) is 18.9. The number of aryl methyl sites for hydroxylation is 1. The molecule has 0 aliphatic rings. The number of hydrogen-bond donors (Lipinski definition) is 1. The lowest BCUT2D eigenvalue weighted by atomic mass is 10.1. The number of carbonyl (C=O) groups is 1. The molecule has 0 aliphatic heterocycles. The number of nitrogens with one attached hydrogen (secondary N) is 1. The molecule has 1 heterocycles. The molecule has 1 N–H and O–H groups in total. The monoisotopic (exact) mass is 432 g/mol. The standard InChI is InChI=1S/C20H24N4O3S2/c1-12-13(2)18(11-21)20(22-14(12)3)28-15(4)19(25)23-16-8-7-9-17(10-16)29(26,27)24(5)6/h7-10,15H,1-6H3,(H,23,25). The van der Waals surface area contributed by atoms with Crippen LogP contribution in [-0.4, -0.2) is 43.0 Å². The first-order valence-corrected chi connectivity index (χ1v) is 11.2. The van der Waals surface area contributed by atoms with Gasteiger partial charge >= 0.3 is 0 Å². The van der Waals surface area contributed by atoms with Gasteiger partial charge in [-0.3, -0.25) is 4.79 Å². The highest BCUT2D eigenvalue weighted by molar-refractivity contribution is 8.00. The molecule has 2 aromatic rings. The molecule has 0 aliphatic carbocycles. The maximum Gasteiger partial charge on any atom is 0.242 e. The smallest absolute Gasteiger partial charge is 0.242 e. The van der Waals surface area contributed by atoms with Crippen molar-refractivity contribution in [2.75, 3.05) is 19.4 Å². The van der Waals surface area contributed by atoms with Crippen LogP contribution in [0.5, 0.6) is 0 Å². The van der Waals surface area contributed by atoms with Crippen molar-refractivity contribution in [2.24, 2.45) is 0 Å². The van der Waals surface area contributed by atoms with Crippen molar-refractivity contribution in [1.82, 2.24) is 9.29 Å². The van der Waals surface area contributed by atoms with Gasteiger partial charge in [0.15, 0.2) is 0 Å². The lowest BCUT2D eigenvalue weighted by molar-refractivity contribution is -0.115. The zero-order chi connectivity index (χ0) is 21.9. The van der Waals surface area contributed by atoms with E-state index in [-0.39, 0.29) is 10.8 Å². The minimum atomic E-state index is -3.60. The summed E-state index contributed by atoms with van der Waals surface area (Å²) in [5.41, 5.74) is 3.49. The number of thioether (sulfide) groups is 1. The summed E-state index contributed by atoms with van der Waals surface area (Å²) in [6.07, 6.45) is 0. The Labute approximate surface area is 176 Å². The van der Waals surface area contributed by atoms with Gasteiger partial charge in [-0.15, -0.1) is 0 Å². The number of aromatic nitrogens is 1. The lowest BCUT2D eigenvalue weighted by Gasteiger charge is -2.16. The van der Waals surface area contributed by atoms with Gasteiger partial charge in [0.05, 0.1) is 15.7 Å². The molecular weight excluding hydrogens is 408 g/mol. The number of hydrogen-bond acceptors (Lipinski definition) is 6. The molecule has 1 amide bonds. The molecule has 2 rings (SSSR count). The normalized spacial score (nSPS) is 12.5. The highest BCUT2D eigenvalue weighted by Gasteiger charge is 2.21. The fraction of sp³-hybridized carbons (Fsp3) is 0.350. The van der Waals surface area contributed by atoms with E-state index in [1.807, 2.05) is 20.8 Å². The summed E-state index contributed by atoms with van der Waals surface area (Å²) >= 11 is 1.20. The molecule has 0 fully saturated rings. The van der Waals surface area contributed by atoms with E-state index in [0.29, 0.717) is 16.3 Å². The number of rotatable bonds is 6. The molecule has 0 bridgehead atoms. The predicted octanol–water partition coefficient (Wildman–Crippen LogP) is 3.25. The summed E-state index contributed by atoms with van der Waals surface area (Å²) < 4.78 is 25.7. The average Bonchev–Trinajstić information content (AvgIpc) is 2.66. The second kappa shape index (κ2) is 8.95. The summed E-state index contributed by atoms with van der Waals surface area (Å²) in [6, 6.07) is 8.27. The van der Waals surface area contributed by atoms with Gasteiger partial charge in [0, 0.05) is 25.5 Å². The van der Waals surface area contributed by atoms with Crippen molar-refractivity contribution in [3.8, 4) is 6.07 Å². The quantitative estimate of drug-likeness (QED) is 0.703. The van der Waals surface area contributed by atoms with Gasteiger partial charge in [0.25, 0.3) is 0 Å². The molecular formula is C20H24N4O3S2. The molecule has 1 unspecified atom stereocenters. The van der Waals surface area contributed by atoms with Gasteiger partial charge in [-0.1, -0.05) is 17.8 Å². The van der Waals surface area contributed by atoms with Crippen LogP contribution in [0.1, 0.15) is 29.3 Å². The molecule has 1 atom stereocenters. The van der Waals surface area contributed by atoms with Crippen LogP contribution in [0.3, 0.4) is 0 Å². The molecule has 1 aromatic heterocycles. The first-order valence-electron chi connectivity index (χ1n) is 8.87. The third kappa shape index (κ3) is 4.96. The summed E-state index contributed by atoms with van der Waals surface area (Å²) in [4.78, 5) is 17.2. The Bertz CT molecular complexity index is 1090. The minimum absolute atomic E-state index is 0.0961. The van der Waals surface area contributed by atoms with Crippen LogP contribution >= 0.6 is 11.8 Å². The molecule has 0 radical (unpaired) electrons. The molecule has 7 nitrogen and oxygen atoms in total. The van der Waals surface area contributed by atoms with E-state index in [9.17, 15) is 18.5 Å². The van der Waals surface area contributed by atoms with Crippen molar-refractivity contribution in [2.45, 2.75) is 42.9 Å². The number of nitriles is 1.